The van der Waals surface area contributed by atoms with Gasteiger partial charge in [0.05, 0.1) is 12.1 Å². The number of imide groups is 1. The third kappa shape index (κ3) is 4.32. The van der Waals surface area contributed by atoms with Crippen LogP contribution in [0.4, 0.5) is 10.5 Å². The highest BCUT2D eigenvalue weighted by molar-refractivity contribution is 8.15. The first-order valence-corrected chi connectivity index (χ1v) is 7.86. The summed E-state index contributed by atoms with van der Waals surface area (Å²) in [7, 11) is 0. The van der Waals surface area contributed by atoms with Gasteiger partial charge in [0, 0.05) is 13.0 Å². The molecular weight excluding hydrogens is 320 g/mol. The lowest BCUT2D eigenvalue weighted by molar-refractivity contribution is -0.137. The number of anilines is 1. The van der Waals surface area contributed by atoms with Gasteiger partial charge in [0.15, 0.2) is 0 Å². The minimum Gasteiger partial charge on any atom is -0.481 e. The van der Waals surface area contributed by atoms with E-state index >= 15 is 0 Å². The van der Waals surface area contributed by atoms with E-state index in [0.717, 1.165) is 22.2 Å². The van der Waals surface area contributed by atoms with Crippen molar-refractivity contribution in [1.82, 2.24) is 5.32 Å². The van der Waals surface area contributed by atoms with E-state index < -0.39 is 28.3 Å². The molecule has 1 aromatic rings. The molecule has 0 aromatic heterocycles. The first kappa shape index (κ1) is 17.0. The summed E-state index contributed by atoms with van der Waals surface area (Å²) in [5, 5.41) is 9.73. The van der Waals surface area contributed by atoms with Crippen LogP contribution in [0.5, 0.6) is 0 Å². The van der Waals surface area contributed by atoms with E-state index in [1.165, 1.54) is 0 Å². The second-order valence-corrected chi connectivity index (χ2v) is 6.23. The largest absolute Gasteiger partial charge is 0.481 e. The zero-order valence-corrected chi connectivity index (χ0v) is 13.3. The van der Waals surface area contributed by atoms with E-state index in [9.17, 15) is 19.2 Å². The average molecular weight is 336 g/mol. The SMILES string of the molecule is Cc1ccc(N2C(=O)SC(CC(=O)NCCC(=O)O)C2=O)cc1. The van der Waals surface area contributed by atoms with Gasteiger partial charge in [-0.2, -0.15) is 0 Å². The molecule has 1 aliphatic rings. The lowest BCUT2D eigenvalue weighted by Gasteiger charge is -2.14. The van der Waals surface area contributed by atoms with Gasteiger partial charge in [-0.15, -0.1) is 0 Å². The first-order valence-electron chi connectivity index (χ1n) is 6.98. The topological polar surface area (TPSA) is 104 Å². The summed E-state index contributed by atoms with van der Waals surface area (Å²) >= 11 is 0.809. The second-order valence-electron chi connectivity index (χ2n) is 5.08. The molecule has 1 unspecified atom stereocenters. The van der Waals surface area contributed by atoms with Gasteiger partial charge in [-0.1, -0.05) is 17.7 Å². The third-order valence-electron chi connectivity index (χ3n) is 3.25. The lowest BCUT2D eigenvalue weighted by Crippen LogP contribution is -2.34. The lowest BCUT2D eigenvalue weighted by atomic mass is 10.2. The van der Waals surface area contributed by atoms with Gasteiger partial charge < -0.3 is 10.4 Å². The molecule has 7 nitrogen and oxygen atoms in total. The Kier molecular flexibility index (Phi) is 5.38. The fourth-order valence-electron chi connectivity index (χ4n) is 2.06. The molecule has 8 heteroatoms. The molecular formula is C15H16N2O5S. The summed E-state index contributed by atoms with van der Waals surface area (Å²) in [4.78, 5) is 47.5. The van der Waals surface area contributed by atoms with Gasteiger partial charge >= 0.3 is 5.97 Å². The molecule has 122 valence electrons. The number of benzene rings is 1. The average Bonchev–Trinajstić information content (AvgIpc) is 2.74. The zero-order chi connectivity index (χ0) is 17.0. The minimum absolute atomic E-state index is 0.00460. The van der Waals surface area contributed by atoms with Crippen LogP contribution in [0.25, 0.3) is 0 Å². The number of carbonyl (C=O) groups is 4. The molecule has 0 saturated carbocycles. The quantitative estimate of drug-likeness (QED) is 0.817. The van der Waals surface area contributed by atoms with E-state index in [2.05, 4.69) is 5.32 Å². The van der Waals surface area contributed by atoms with E-state index in [4.69, 9.17) is 5.11 Å². The molecule has 0 radical (unpaired) electrons. The number of thioether (sulfide) groups is 1. The van der Waals surface area contributed by atoms with Crippen molar-refractivity contribution in [3.05, 3.63) is 29.8 Å². The molecule has 1 fully saturated rings. The predicted molar refractivity (Wildman–Crippen MR) is 85.3 cm³/mol. The number of carbonyl (C=O) groups excluding carboxylic acids is 3. The number of amides is 3. The highest BCUT2D eigenvalue weighted by Crippen LogP contribution is 2.33. The normalized spacial score (nSPS) is 17.4. The fraction of sp³-hybridized carbons (Fsp3) is 0.333. The van der Waals surface area contributed by atoms with Gasteiger partial charge in [-0.05, 0) is 30.8 Å². The number of aryl methyl sites for hydroxylation is 1. The number of rotatable bonds is 6. The standard InChI is InChI=1S/C15H16N2O5S/c1-9-2-4-10(5-3-9)17-14(21)11(23-15(17)22)8-12(18)16-7-6-13(19)20/h2-5,11H,6-8H2,1H3,(H,16,18)(H,19,20). The van der Waals surface area contributed by atoms with Crippen LogP contribution in [0.3, 0.4) is 0 Å². The maximum absolute atomic E-state index is 12.3. The molecule has 1 aliphatic heterocycles. The van der Waals surface area contributed by atoms with E-state index in [1.54, 1.807) is 24.3 Å². The number of nitrogens with one attached hydrogen (secondary N) is 1. The van der Waals surface area contributed by atoms with Crippen LogP contribution in [0.2, 0.25) is 0 Å². The summed E-state index contributed by atoms with van der Waals surface area (Å²) in [6, 6.07) is 6.96. The van der Waals surface area contributed by atoms with Crippen LogP contribution in [-0.4, -0.2) is 39.9 Å². The Morgan fingerprint density at radius 2 is 1.91 bits per heavy atom. The summed E-state index contributed by atoms with van der Waals surface area (Å²) < 4.78 is 0. The smallest absolute Gasteiger partial charge is 0.305 e. The maximum Gasteiger partial charge on any atom is 0.305 e. The molecule has 23 heavy (non-hydrogen) atoms. The molecule has 1 saturated heterocycles. The summed E-state index contributed by atoms with van der Waals surface area (Å²) in [6.07, 6.45) is -0.344. The number of hydrogen-bond acceptors (Lipinski definition) is 5. The monoisotopic (exact) mass is 336 g/mol. The van der Waals surface area contributed by atoms with E-state index in [-0.39, 0.29) is 19.4 Å². The Hall–Kier alpha value is -2.35. The Morgan fingerprint density at radius 3 is 2.52 bits per heavy atom. The number of carboxylic acids is 1. The highest BCUT2D eigenvalue weighted by atomic mass is 32.2. The van der Waals surface area contributed by atoms with Crippen molar-refractivity contribution in [2.24, 2.45) is 0 Å². The van der Waals surface area contributed by atoms with Gasteiger partial charge in [0.2, 0.25) is 11.8 Å². The predicted octanol–water partition coefficient (Wildman–Crippen LogP) is 1.54. The molecule has 0 aliphatic carbocycles. The third-order valence-corrected chi connectivity index (χ3v) is 4.28. The molecule has 2 rings (SSSR count). The Morgan fingerprint density at radius 1 is 1.26 bits per heavy atom. The molecule has 1 atom stereocenters. The van der Waals surface area contributed by atoms with Crippen LogP contribution >= 0.6 is 11.8 Å². The van der Waals surface area contributed by atoms with Crippen molar-refractivity contribution in [2.45, 2.75) is 25.0 Å². The molecule has 0 spiro atoms. The number of carboxylic acid groups (broad SMARTS) is 1. The molecule has 3 amide bonds. The molecule has 2 N–H and O–H groups in total. The fourth-order valence-corrected chi connectivity index (χ4v) is 3.05. The second kappa shape index (κ2) is 7.28. The zero-order valence-electron chi connectivity index (χ0n) is 12.4. The summed E-state index contributed by atoms with van der Waals surface area (Å²) in [5.74, 6) is -1.90. The first-order chi connectivity index (χ1) is 10.9. The van der Waals surface area contributed by atoms with Gasteiger partial charge in [0.25, 0.3) is 5.24 Å². The van der Waals surface area contributed by atoms with Crippen molar-refractivity contribution in [3.8, 4) is 0 Å². The number of nitrogens with zero attached hydrogens (tertiary/aromatic N) is 1. The van der Waals surface area contributed by atoms with E-state index in [0.29, 0.717) is 5.69 Å². The van der Waals surface area contributed by atoms with Crippen LogP contribution in [0.1, 0.15) is 18.4 Å². The molecule has 0 bridgehead atoms. The van der Waals surface area contributed by atoms with Crippen LogP contribution < -0.4 is 10.2 Å². The van der Waals surface area contributed by atoms with Crippen molar-refractivity contribution in [2.75, 3.05) is 11.4 Å². The highest BCUT2D eigenvalue weighted by Gasteiger charge is 2.41. The number of hydrogen-bond donors (Lipinski definition) is 2. The summed E-state index contributed by atoms with van der Waals surface area (Å²) in [6.45, 7) is 1.89. The van der Waals surface area contributed by atoms with Gasteiger partial charge in [0.1, 0.15) is 5.25 Å². The van der Waals surface area contributed by atoms with Crippen molar-refractivity contribution >= 4 is 40.5 Å². The van der Waals surface area contributed by atoms with Crippen LogP contribution in [-0.2, 0) is 14.4 Å². The van der Waals surface area contributed by atoms with Crippen molar-refractivity contribution in [3.63, 3.8) is 0 Å². The van der Waals surface area contributed by atoms with Crippen LogP contribution in [0, 0.1) is 6.92 Å². The van der Waals surface area contributed by atoms with Gasteiger partial charge in [-0.3, -0.25) is 19.2 Å². The maximum atomic E-state index is 12.3. The van der Waals surface area contributed by atoms with Crippen molar-refractivity contribution in [1.29, 1.82) is 0 Å². The van der Waals surface area contributed by atoms with Crippen molar-refractivity contribution < 1.29 is 24.3 Å². The Balaban J connectivity index is 1.97. The number of aliphatic carboxylic acids is 1. The molecule has 1 aromatic carbocycles. The van der Waals surface area contributed by atoms with E-state index in [1.807, 2.05) is 6.92 Å². The molecule has 1 heterocycles. The van der Waals surface area contributed by atoms with Crippen LogP contribution in [0.15, 0.2) is 24.3 Å². The van der Waals surface area contributed by atoms with Gasteiger partial charge in [-0.25, -0.2) is 4.90 Å². The Labute approximate surface area is 137 Å². The minimum atomic E-state index is -1.02. The Bertz CT molecular complexity index is 644. The summed E-state index contributed by atoms with van der Waals surface area (Å²) in [5.41, 5.74) is 1.49.